The monoisotopic (exact) mass is 201 g/mol. The largest absolute Gasteiger partial charge is 0.520 e. The molecule has 0 rings (SSSR count). The first-order chi connectivity index (χ1) is 3.65. The molecule has 0 nitrogen and oxygen atoms in total. The summed E-state index contributed by atoms with van der Waals surface area (Å²) in [5.74, 6) is 0.833. The predicted octanol–water partition coefficient (Wildman–Crippen LogP) is 2.86. The van der Waals surface area contributed by atoms with Crippen molar-refractivity contribution < 1.29 is 32.7 Å². The fourth-order valence-electron chi connectivity index (χ4n) is 0. The minimum atomic E-state index is 0. The van der Waals surface area contributed by atoms with Gasteiger partial charge in [0.25, 0.3) is 0 Å². The quantitative estimate of drug-likeness (QED) is 0.572. The Labute approximate surface area is 85.0 Å². The summed E-state index contributed by atoms with van der Waals surface area (Å²) in [6.45, 7) is 14.8. The number of hydrogen-bond donors (Lipinski definition) is 0. The van der Waals surface area contributed by atoms with E-state index in [0.717, 1.165) is 12.3 Å². The van der Waals surface area contributed by atoms with Crippen LogP contribution >= 0.6 is 0 Å². The van der Waals surface area contributed by atoms with Crippen LogP contribution in [0.4, 0.5) is 0 Å². The second-order valence-electron chi connectivity index (χ2n) is 2.26. The molecule has 0 heterocycles. The Bertz CT molecular complexity index is 37.1. The molecule has 0 spiro atoms. The van der Waals surface area contributed by atoms with E-state index in [2.05, 4.69) is 27.7 Å². The Balaban J connectivity index is -0.0000000720. The van der Waals surface area contributed by atoms with Gasteiger partial charge >= 0.3 is 0 Å². The molecule has 0 aliphatic carbocycles. The van der Waals surface area contributed by atoms with Crippen LogP contribution in [0.1, 0.15) is 27.2 Å². The van der Waals surface area contributed by atoms with Crippen LogP contribution in [0, 0.1) is 19.4 Å². The van der Waals surface area contributed by atoms with Crippen molar-refractivity contribution in [2.75, 3.05) is 0 Å². The SMILES string of the molecule is CC(C)C.[CH-]=CC[CH2-].[Y]. The van der Waals surface area contributed by atoms with E-state index in [1.807, 2.05) is 0 Å². The second kappa shape index (κ2) is 15.9. The molecule has 1 radical (unpaired) electrons. The van der Waals surface area contributed by atoms with Crippen LogP contribution in [0.15, 0.2) is 6.08 Å². The van der Waals surface area contributed by atoms with E-state index >= 15 is 0 Å². The van der Waals surface area contributed by atoms with Crippen LogP contribution < -0.4 is 0 Å². The van der Waals surface area contributed by atoms with Gasteiger partial charge in [0.1, 0.15) is 0 Å². The van der Waals surface area contributed by atoms with Crippen molar-refractivity contribution in [3.8, 4) is 0 Å². The molecule has 0 aromatic carbocycles. The minimum Gasteiger partial charge on any atom is -0.520 e. The average Bonchev–Trinajstić information content (AvgIpc) is 1.65. The summed E-state index contributed by atoms with van der Waals surface area (Å²) in [5, 5.41) is 0. The molecular weight excluding hydrogens is 185 g/mol. The van der Waals surface area contributed by atoms with Crippen molar-refractivity contribution in [3.05, 3.63) is 19.6 Å². The standard InChI is InChI=1S/C4H10.C4H6.Y/c1-4(2)3;1-3-4-2;/h4H,1-3H3;1,3H,2,4H2;/q;-2;. The number of hydrogen-bond acceptors (Lipinski definition) is 0. The van der Waals surface area contributed by atoms with Gasteiger partial charge in [-0.05, 0) is 5.92 Å². The normalized spacial score (nSPS) is 6.78. The molecule has 0 N–H and O–H groups in total. The van der Waals surface area contributed by atoms with Crippen LogP contribution in [0.25, 0.3) is 0 Å². The zero-order valence-electron chi connectivity index (χ0n) is 6.72. The second-order valence-corrected chi connectivity index (χ2v) is 2.26. The molecule has 0 saturated heterocycles. The third-order valence-corrected chi connectivity index (χ3v) is 0.167. The van der Waals surface area contributed by atoms with Crippen molar-refractivity contribution in [1.82, 2.24) is 0 Å². The zero-order valence-corrected chi connectivity index (χ0v) is 9.56. The molecule has 0 amide bonds. The molecule has 0 unspecified atom stereocenters. The van der Waals surface area contributed by atoms with E-state index in [9.17, 15) is 0 Å². The number of rotatable bonds is 1. The first-order valence-electron chi connectivity index (χ1n) is 2.97. The third kappa shape index (κ3) is 122. The predicted molar refractivity (Wildman–Crippen MR) is 39.4 cm³/mol. The van der Waals surface area contributed by atoms with Crippen LogP contribution in [0.3, 0.4) is 0 Å². The molecule has 1 heteroatoms. The fourth-order valence-corrected chi connectivity index (χ4v) is 0. The van der Waals surface area contributed by atoms with E-state index in [1.165, 1.54) is 6.08 Å². The van der Waals surface area contributed by atoms with Crippen LogP contribution in [0.5, 0.6) is 0 Å². The Hall–Kier alpha value is 0.844. The topological polar surface area (TPSA) is 0 Å². The molecular formula is C8H16Y-2. The average molecular weight is 201 g/mol. The maximum Gasteiger partial charge on any atom is 0 e. The maximum atomic E-state index is 4.84. The van der Waals surface area contributed by atoms with Gasteiger partial charge in [0.15, 0.2) is 0 Å². The van der Waals surface area contributed by atoms with Crippen molar-refractivity contribution in [3.63, 3.8) is 0 Å². The van der Waals surface area contributed by atoms with Gasteiger partial charge in [-0.2, -0.15) is 6.42 Å². The molecule has 0 aliphatic rings. The fraction of sp³-hybridized carbons (Fsp3) is 0.625. The molecule has 0 saturated carbocycles. The van der Waals surface area contributed by atoms with Gasteiger partial charge in [-0.1, -0.05) is 20.8 Å². The van der Waals surface area contributed by atoms with Gasteiger partial charge in [0.2, 0.25) is 0 Å². The molecule has 0 aliphatic heterocycles. The van der Waals surface area contributed by atoms with Crippen LogP contribution in [0.2, 0.25) is 0 Å². The summed E-state index contributed by atoms with van der Waals surface area (Å²) < 4.78 is 0. The summed E-state index contributed by atoms with van der Waals surface area (Å²) in [4.78, 5) is 0. The Kier molecular flexibility index (Phi) is 29.1. The molecule has 0 fully saturated rings. The van der Waals surface area contributed by atoms with E-state index in [1.54, 1.807) is 0 Å². The molecule has 0 atom stereocenters. The van der Waals surface area contributed by atoms with Crippen LogP contribution in [-0.2, 0) is 32.7 Å². The van der Waals surface area contributed by atoms with E-state index in [-0.39, 0.29) is 32.7 Å². The Morgan fingerprint density at radius 2 is 1.56 bits per heavy atom. The van der Waals surface area contributed by atoms with E-state index in [4.69, 9.17) is 6.58 Å². The number of allylic oxidation sites excluding steroid dienone is 1. The molecule has 0 aromatic heterocycles. The van der Waals surface area contributed by atoms with Crippen molar-refractivity contribution in [1.29, 1.82) is 0 Å². The third-order valence-electron chi connectivity index (χ3n) is 0.167. The molecule has 9 heavy (non-hydrogen) atoms. The van der Waals surface area contributed by atoms with Crippen molar-refractivity contribution in [2.45, 2.75) is 27.2 Å². The molecule has 53 valence electrons. The van der Waals surface area contributed by atoms with Gasteiger partial charge in [0, 0.05) is 32.7 Å². The van der Waals surface area contributed by atoms with Crippen molar-refractivity contribution in [2.24, 2.45) is 5.92 Å². The van der Waals surface area contributed by atoms with Crippen LogP contribution in [-0.4, -0.2) is 0 Å². The van der Waals surface area contributed by atoms with Gasteiger partial charge in [-0.15, -0.1) is 0 Å². The smallest absolute Gasteiger partial charge is 0 e. The first-order valence-corrected chi connectivity index (χ1v) is 2.97. The van der Waals surface area contributed by atoms with Gasteiger partial charge in [-0.25, -0.2) is 0 Å². The van der Waals surface area contributed by atoms with Gasteiger partial charge in [0.05, 0.1) is 0 Å². The molecule has 0 aromatic rings. The summed E-state index contributed by atoms with van der Waals surface area (Å²) in [5.41, 5.74) is 0. The summed E-state index contributed by atoms with van der Waals surface area (Å²) in [6, 6.07) is 0. The van der Waals surface area contributed by atoms with Gasteiger partial charge < -0.3 is 19.6 Å². The van der Waals surface area contributed by atoms with E-state index in [0.29, 0.717) is 0 Å². The zero-order chi connectivity index (χ0) is 6.99. The first kappa shape index (κ1) is 16.4. The molecule has 0 bridgehead atoms. The maximum absolute atomic E-state index is 4.84. The summed E-state index contributed by atoms with van der Waals surface area (Å²) in [6.07, 6.45) is 2.24. The minimum absolute atomic E-state index is 0. The van der Waals surface area contributed by atoms with Crippen molar-refractivity contribution >= 4 is 0 Å². The Morgan fingerprint density at radius 3 is 1.56 bits per heavy atom. The Morgan fingerprint density at radius 1 is 1.44 bits per heavy atom. The summed E-state index contributed by atoms with van der Waals surface area (Å²) >= 11 is 0. The summed E-state index contributed by atoms with van der Waals surface area (Å²) in [7, 11) is 0. The van der Waals surface area contributed by atoms with E-state index < -0.39 is 0 Å². The van der Waals surface area contributed by atoms with Gasteiger partial charge in [-0.3, -0.25) is 0 Å².